The predicted molar refractivity (Wildman–Crippen MR) is 79.5 cm³/mol. The molecule has 20 heavy (non-hydrogen) atoms. The Morgan fingerprint density at radius 2 is 2.15 bits per heavy atom. The minimum Gasteiger partial charge on any atom is -0.383 e. The van der Waals surface area contributed by atoms with Crippen LogP contribution in [0.1, 0.15) is 31.2 Å². The summed E-state index contributed by atoms with van der Waals surface area (Å²) in [4.78, 5) is 6.83. The van der Waals surface area contributed by atoms with Crippen molar-refractivity contribution in [1.29, 1.82) is 0 Å². The maximum absolute atomic E-state index is 11.3. The summed E-state index contributed by atoms with van der Waals surface area (Å²) >= 11 is 0. The number of rotatable bonds is 1. The molecule has 2 saturated heterocycles. The molecule has 2 fully saturated rings. The largest absolute Gasteiger partial charge is 0.383 e. The summed E-state index contributed by atoms with van der Waals surface area (Å²) in [5.74, 6) is 0. The lowest BCUT2D eigenvalue weighted by Crippen LogP contribution is -2.45. The van der Waals surface area contributed by atoms with Crippen molar-refractivity contribution in [2.45, 2.75) is 37.3 Å². The van der Waals surface area contributed by atoms with Crippen LogP contribution in [-0.4, -0.2) is 34.1 Å². The average molecular weight is 268 g/mol. The van der Waals surface area contributed by atoms with Crippen molar-refractivity contribution in [2.75, 3.05) is 13.1 Å². The molecule has 3 heterocycles. The molecule has 1 N–H and O–H groups in total. The molecule has 2 aromatic rings. The number of benzene rings is 1. The van der Waals surface area contributed by atoms with Crippen LogP contribution in [0.2, 0.25) is 0 Å². The highest BCUT2D eigenvalue weighted by atomic mass is 16.3. The van der Waals surface area contributed by atoms with Crippen molar-refractivity contribution in [1.82, 2.24) is 9.88 Å². The Hall–Kier alpha value is -1.45. The van der Waals surface area contributed by atoms with Gasteiger partial charge in [0.25, 0.3) is 0 Å². The van der Waals surface area contributed by atoms with Gasteiger partial charge >= 0.3 is 0 Å². The molecule has 0 aliphatic carbocycles. The van der Waals surface area contributed by atoms with E-state index < -0.39 is 5.60 Å². The van der Waals surface area contributed by atoms with E-state index in [-0.39, 0.29) is 0 Å². The lowest BCUT2D eigenvalue weighted by molar-refractivity contribution is -0.0137. The molecule has 0 amide bonds. The van der Waals surface area contributed by atoms with E-state index in [9.17, 15) is 5.11 Å². The van der Waals surface area contributed by atoms with Crippen LogP contribution in [0.5, 0.6) is 0 Å². The number of pyridine rings is 1. The number of hydrogen-bond acceptors (Lipinski definition) is 3. The smallest absolute Gasteiger partial charge is 0.106 e. The molecule has 4 rings (SSSR count). The van der Waals surface area contributed by atoms with Crippen LogP contribution in [0.25, 0.3) is 10.9 Å². The molecule has 3 nitrogen and oxygen atoms in total. The van der Waals surface area contributed by atoms with Gasteiger partial charge in [-0.2, -0.15) is 0 Å². The normalized spacial score (nSPS) is 30.6. The topological polar surface area (TPSA) is 36.4 Å². The number of aromatic nitrogens is 1. The van der Waals surface area contributed by atoms with E-state index in [1.807, 2.05) is 18.3 Å². The van der Waals surface area contributed by atoms with E-state index in [1.165, 1.54) is 12.8 Å². The zero-order valence-electron chi connectivity index (χ0n) is 11.6. The summed E-state index contributed by atoms with van der Waals surface area (Å²) in [6.45, 7) is 2.16. The van der Waals surface area contributed by atoms with Crippen LogP contribution < -0.4 is 0 Å². The highest BCUT2D eigenvalue weighted by Crippen LogP contribution is 2.42. The Balaban J connectivity index is 1.77. The highest BCUT2D eigenvalue weighted by Gasteiger charge is 2.47. The first-order valence-electron chi connectivity index (χ1n) is 7.59. The summed E-state index contributed by atoms with van der Waals surface area (Å²) in [7, 11) is 0. The number of hydrogen-bond donors (Lipinski definition) is 1. The van der Waals surface area contributed by atoms with E-state index in [0.717, 1.165) is 42.4 Å². The Labute approximate surface area is 119 Å². The maximum Gasteiger partial charge on any atom is 0.106 e. The first-order chi connectivity index (χ1) is 9.77. The molecule has 0 radical (unpaired) electrons. The maximum atomic E-state index is 11.3. The monoisotopic (exact) mass is 268 g/mol. The van der Waals surface area contributed by atoms with Gasteiger partial charge < -0.3 is 5.11 Å². The van der Waals surface area contributed by atoms with Crippen molar-refractivity contribution < 1.29 is 5.11 Å². The molecule has 104 valence electrons. The summed E-state index contributed by atoms with van der Waals surface area (Å²) in [5, 5.41) is 12.4. The zero-order chi connectivity index (χ0) is 13.6. The van der Waals surface area contributed by atoms with Gasteiger partial charge in [0.1, 0.15) is 5.60 Å². The van der Waals surface area contributed by atoms with E-state index >= 15 is 0 Å². The Bertz CT molecular complexity index is 642. The van der Waals surface area contributed by atoms with Crippen LogP contribution in [0, 0.1) is 0 Å². The second-order valence-electron chi connectivity index (χ2n) is 6.13. The van der Waals surface area contributed by atoms with Gasteiger partial charge in [-0.1, -0.05) is 18.6 Å². The minimum absolute atomic E-state index is 0.297. The molecule has 1 aromatic carbocycles. The fraction of sp³-hybridized carbons (Fsp3) is 0.471. The average Bonchev–Trinajstić information content (AvgIpc) is 2.86. The van der Waals surface area contributed by atoms with Crippen molar-refractivity contribution in [3.63, 3.8) is 0 Å². The first-order valence-corrected chi connectivity index (χ1v) is 7.59. The molecular weight excluding hydrogens is 248 g/mol. The van der Waals surface area contributed by atoms with E-state index in [1.54, 1.807) is 0 Å². The third kappa shape index (κ3) is 1.77. The molecule has 2 unspecified atom stereocenters. The standard InChI is InChI=1S/C17H20N2O/c20-17(8-11-19-10-2-1-5-16(17)19)14-6-7-15-13(12-14)4-3-9-18-15/h3-4,6-7,9,12,16,20H,1-2,5,8,10-11H2. The van der Waals surface area contributed by atoms with E-state index in [4.69, 9.17) is 0 Å². The SMILES string of the molecule is OC1(c2ccc3ncccc3c2)CCN2CCCCC21. The van der Waals surface area contributed by atoms with Crippen LogP contribution >= 0.6 is 0 Å². The zero-order valence-corrected chi connectivity index (χ0v) is 11.6. The molecular formula is C17H20N2O. The molecule has 0 saturated carbocycles. The predicted octanol–water partition coefficient (Wildman–Crippen LogP) is 2.68. The third-order valence-electron chi connectivity index (χ3n) is 5.05. The van der Waals surface area contributed by atoms with Gasteiger partial charge in [-0.05, 0) is 49.6 Å². The summed E-state index contributed by atoms with van der Waals surface area (Å²) in [6.07, 6.45) is 6.28. The molecule has 2 aliphatic rings. The molecule has 0 spiro atoms. The van der Waals surface area contributed by atoms with Gasteiger partial charge in [-0.25, -0.2) is 0 Å². The fourth-order valence-electron chi connectivity index (χ4n) is 3.96. The molecule has 1 aromatic heterocycles. The fourth-order valence-corrected chi connectivity index (χ4v) is 3.96. The van der Waals surface area contributed by atoms with Crippen LogP contribution in [-0.2, 0) is 5.60 Å². The Morgan fingerprint density at radius 1 is 1.20 bits per heavy atom. The molecule has 0 bridgehead atoms. The lowest BCUT2D eigenvalue weighted by Gasteiger charge is -2.37. The minimum atomic E-state index is -0.676. The third-order valence-corrected chi connectivity index (χ3v) is 5.05. The van der Waals surface area contributed by atoms with Gasteiger partial charge in [0.15, 0.2) is 0 Å². The summed E-state index contributed by atoms with van der Waals surface area (Å²) < 4.78 is 0. The number of piperidine rings is 1. The van der Waals surface area contributed by atoms with E-state index in [2.05, 4.69) is 28.1 Å². The molecule has 3 heteroatoms. The Morgan fingerprint density at radius 3 is 3.10 bits per heavy atom. The number of nitrogens with zero attached hydrogens (tertiary/aromatic N) is 2. The summed E-state index contributed by atoms with van der Waals surface area (Å²) in [6, 6.07) is 10.5. The first kappa shape index (κ1) is 12.3. The van der Waals surface area contributed by atoms with E-state index in [0.29, 0.717) is 6.04 Å². The van der Waals surface area contributed by atoms with Gasteiger partial charge in [0.05, 0.1) is 5.52 Å². The van der Waals surface area contributed by atoms with Gasteiger partial charge in [-0.15, -0.1) is 0 Å². The molecule has 2 atom stereocenters. The van der Waals surface area contributed by atoms with Crippen molar-refractivity contribution in [2.24, 2.45) is 0 Å². The van der Waals surface area contributed by atoms with Gasteiger partial charge in [0.2, 0.25) is 0 Å². The Kier molecular flexibility index (Phi) is 2.79. The summed E-state index contributed by atoms with van der Waals surface area (Å²) in [5.41, 5.74) is 1.38. The quantitative estimate of drug-likeness (QED) is 0.864. The lowest BCUT2D eigenvalue weighted by atomic mass is 9.82. The van der Waals surface area contributed by atoms with Crippen LogP contribution in [0.4, 0.5) is 0 Å². The second-order valence-corrected chi connectivity index (χ2v) is 6.13. The van der Waals surface area contributed by atoms with Crippen molar-refractivity contribution in [3.8, 4) is 0 Å². The van der Waals surface area contributed by atoms with Gasteiger partial charge in [0, 0.05) is 24.2 Å². The second kappa shape index (κ2) is 4.54. The van der Waals surface area contributed by atoms with Crippen LogP contribution in [0.15, 0.2) is 36.5 Å². The molecule has 2 aliphatic heterocycles. The number of fused-ring (bicyclic) bond motifs is 2. The van der Waals surface area contributed by atoms with Crippen LogP contribution in [0.3, 0.4) is 0 Å². The van der Waals surface area contributed by atoms with Crippen molar-refractivity contribution in [3.05, 3.63) is 42.1 Å². The van der Waals surface area contributed by atoms with Crippen molar-refractivity contribution >= 4 is 10.9 Å². The highest BCUT2D eigenvalue weighted by molar-refractivity contribution is 5.79. The van der Waals surface area contributed by atoms with Gasteiger partial charge in [-0.3, -0.25) is 9.88 Å². The number of aliphatic hydroxyl groups is 1.